The maximum absolute atomic E-state index is 11.6. The molecule has 1 aromatic rings. The van der Waals surface area contributed by atoms with E-state index in [9.17, 15) is 9.59 Å². The number of hydrogen-bond donors (Lipinski definition) is 4. The lowest BCUT2D eigenvalue weighted by molar-refractivity contribution is -0.154. The highest BCUT2D eigenvalue weighted by atomic mass is 32.1. The van der Waals surface area contributed by atoms with Crippen LogP contribution in [-0.2, 0) is 14.3 Å². The molecular formula is C18H29B2N3O6S. The highest BCUT2D eigenvalue weighted by Crippen LogP contribution is 2.33. The molecule has 9 nitrogen and oxygen atoms in total. The Bertz CT molecular complexity index is 791. The molecule has 12 heteroatoms. The Balaban J connectivity index is 0. The second-order valence-corrected chi connectivity index (χ2v) is 6.14. The zero-order valence-corrected chi connectivity index (χ0v) is 18.6. The Labute approximate surface area is 184 Å². The molecule has 2 heterocycles. The van der Waals surface area contributed by atoms with Gasteiger partial charge < -0.3 is 25.4 Å². The number of aliphatic hydroxyl groups excluding tert-OH is 2. The Hall–Kier alpha value is -1.90. The molecule has 2 rings (SSSR count). The smallest absolute Gasteiger partial charge is 0.318 e. The van der Waals surface area contributed by atoms with E-state index < -0.39 is 29.3 Å². The normalized spacial score (nSPS) is 17.0. The summed E-state index contributed by atoms with van der Waals surface area (Å²) in [5, 5.41) is 12.2. The topological polar surface area (TPSA) is 140 Å². The van der Waals surface area contributed by atoms with Crippen LogP contribution in [0.5, 0.6) is 0 Å². The van der Waals surface area contributed by atoms with Crippen LogP contribution in [0, 0.1) is 17.1 Å². The van der Waals surface area contributed by atoms with Crippen molar-refractivity contribution in [1.82, 2.24) is 9.55 Å². The molecule has 5 N–H and O–H groups in total. The molecule has 1 fully saturated rings. The summed E-state index contributed by atoms with van der Waals surface area (Å²) >= 11 is 5.10. The molecule has 2 unspecified atom stereocenters. The number of nitrogens with two attached hydrogens (primary N) is 1. The molecule has 1 saturated heterocycles. The fourth-order valence-corrected chi connectivity index (χ4v) is 2.53. The van der Waals surface area contributed by atoms with Crippen molar-refractivity contribution >= 4 is 33.9 Å². The molecule has 0 spiro atoms. The fourth-order valence-electron chi connectivity index (χ4n) is 2.26. The summed E-state index contributed by atoms with van der Waals surface area (Å²) in [6.45, 7) is 3.91. The molecule has 0 bridgehead atoms. The minimum atomic E-state index is -1.81. The quantitative estimate of drug-likeness (QED) is 0.218. The van der Waals surface area contributed by atoms with Crippen LogP contribution in [-0.4, -0.2) is 73.7 Å². The summed E-state index contributed by atoms with van der Waals surface area (Å²) in [6, 6.07) is 0. The maximum Gasteiger partial charge on any atom is 0.318 e. The summed E-state index contributed by atoms with van der Waals surface area (Å²) in [5.74, 6) is 1.52. The Morgan fingerprint density at radius 2 is 1.97 bits per heavy atom. The van der Waals surface area contributed by atoms with Crippen molar-refractivity contribution in [3.63, 3.8) is 0 Å². The number of carbonyl (C=O) groups is 1. The number of hydrogen-bond acceptors (Lipinski definition) is 8. The number of rotatable bonds is 4. The van der Waals surface area contributed by atoms with Crippen LogP contribution in [0.25, 0.3) is 0 Å². The first-order valence-electron chi connectivity index (χ1n) is 9.06. The van der Waals surface area contributed by atoms with Crippen molar-refractivity contribution in [1.29, 1.82) is 0 Å². The van der Waals surface area contributed by atoms with Crippen molar-refractivity contribution in [2.75, 3.05) is 20.8 Å². The molecule has 1 aliphatic heterocycles. The number of esters is 1. The number of nitrogens with one attached hydrogen (secondary N) is 1. The van der Waals surface area contributed by atoms with Crippen LogP contribution in [0.15, 0.2) is 11.0 Å². The third-order valence-electron chi connectivity index (χ3n) is 3.39. The van der Waals surface area contributed by atoms with Gasteiger partial charge in [-0.15, -0.1) is 6.42 Å². The number of aliphatic hydroxyl groups is 2. The van der Waals surface area contributed by atoms with Gasteiger partial charge >= 0.3 is 5.97 Å². The molecule has 4 radical (unpaired) electrons. The van der Waals surface area contributed by atoms with E-state index in [1.54, 1.807) is 0 Å². The lowest BCUT2D eigenvalue weighted by atomic mass is 9.61. The average Bonchev–Trinajstić information content (AvgIpc) is 3.22. The molecule has 1 aromatic heterocycles. The van der Waals surface area contributed by atoms with Crippen molar-refractivity contribution < 1.29 is 24.5 Å². The van der Waals surface area contributed by atoms with Crippen LogP contribution in [0.2, 0.25) is 0 Å². The molecular weight excluding hydrogens is 408 g/mol. The monoisotopic (exact) mass is 437 g/mol. The van der Waals surface area contributed by atoms with Crippen LogP contribution in [0.4, 0.5) is 0 Å². The van der Waals surface area contributed by atoms with E-state index in [0.717, 1.165) is 14.2 Å². The molecule has 0 aromatic carbocycles. The van der Waals surface area contributed by atoms with Gasteiger partial charge in [0.05, 0.1) is 18.0 Å². The molecule has 164 valence electrons. The molecule has 1 aliphatic rings. The Morgan fingerprint density at radius 3 is 2.43 bits per heavy atom. The zero-order valence-electron chi connectivity index (χ0n) is 17.8. The van der Waals surface area contributed by atoms with E-state index in [0.29, 0.717) is 12.8 Å². The van der Waals surface area contributed by atoms with Crippen molar-refractivity contribution in [2.24, 2.45) is 5.73 Å². The summed E-state index contributed by atoms with van der Waals surface area (Å²) in [5.41, 5.74) is 4.83. The van der Waals surface area contributed by atoms with Crippen molar-refractivity contribution in [3.05, 3.63) is 26.9 Å². The van der Waals surface area contributed by atoms with Gasteiger partial charge in [0.1, 0.15) is 27.5 Å². The predicted octanol–water partition coefficient (Wildman–Crippen LogP) is -0.309. The van der Waals surface area contributed by atoms with Crippen LogP contribution in [0.3, 0.4) is 0 Å². The summed E-state index contributed by atoms with van der Waals surface area (Å²) in [6.07, 6.45) is 7.55. The van der Waals surface area contributed by atoms with Crippen LogP contribution < -0.4 is 11.3 Å². The van der Waals surface area contributed by atoms with Crippen LogP contribution >= 0.6 is 12.2 Å². The van der Waals surface area contributed by atoms with E-state index in [2.05, 4.69) is 24.8 Å². The number of aromatic amines is 1. The van der Waals surface area contributed by atoms with E-state index in [1.807, 2.05) is 0 Å². The number of terminal acetylenes is 1. The second kappa shape index (κ2) is 15.9. The van der Waals surface area contributed by atoms with E-state index >= 15 is 0 Å². The minimum Gasteiger partial charge on any atom is -0.476 e. The van der Waals surface area contributed by atoms with Gasteiger partial charge in [-0.05, 0) is 25.1 Å². The average molecular weight is 437 g/mol. The van der Waals surface area contributed by atoms with Gasteiger partial charge in [0.25, 0.3) is 5.56 Å². The highest BCUT2D eigenvalue weighted by molar-refractivity contribution is 7.71. The van der Waals surface area contributed by atoms with E-state index in [4.69, 9.17) is 59.8 Å². The second-order valence-electron chi connectivity index (χ2n) is 5.75. The molecule has 2 atom stereocenters. The first-order chi connectivity index (χ1) is 14.2. The highest BCUT2D eigenvalue weighted by Gasteiger charge is 2.39. The third-order valence-corrected chi connectivity index (χ3v) is 3.70. The Morgan fingerprint density at radius 1 is 1.43 bits per heavy atom. The third kappa shape index (κ3) is 9.28. The van der Waals surface area contributed by atoms with E-state index in [-0.39, 0.29) is 16.9 Å². The molecule has 0 amide bonds. The SMILES string of the molecule is CCC.CO.CO.[B]C([B])(OC(=O)CN)C1CCC(n2cc(C#C)c(=O)[nH]c2=S)O1. The number of H-pyrrole nitrogens is 1. The largest absolute Gasteiger partial charge is 0.476 e. The van der Waals surface area contributed by atoms with Gasteiger partial charge in [-0.1, -0.05) is 26.2 Å². The maximum atomic E-state index is 11.6. The van der Waals surface area contributed by atoms with Crippen molar-refractivity contribution in [2.45, 2.75) is 50.8 Å². The summed E-state index contributed by atoms with van der Waals surface area (Å²) in [7, 11) is 13.6. The predicted molar refractivity (Wildman–Crippen MR) is 119 cm³/mol. The molecule has 0 aliphatic carbocycles. The van der Waals surface area contributed by atoms with Gasteiger partial charge in [0.15, 0.2) is 4.77 Å². The van der Waals surface area contributed by atoms with Gasteiger partial charge in [-0.3, -0.25) is 19.1 Å². The standard InChI is InChI=1S/C13H13B2N3O4S.C3H8.2CH4O/c1-2-7-6-18(12(23)17-11(7)20)9-4-3-8(21-9)13(14,15)22-10(19)5-16;1-3-2;2*1-2/h1,6,8-9H,3-5,16H2,(H,17,20,23);3H2,1-2H3;2*2H,1H3. The van der Waals surface area contributed by atoms with Crippen molar-refractivity contribution in [3.8, 4) is 12.3 Å². The first kappa shape index (κ1) is 30.3. The summed E-state index contributed by atoms with van der Waals surface area (Å²) in [4.78, 5) is 25.3. The van der Waals surface area contributed by atoms with Gasteiger partial charge in [0.2, 0.25) is 0 Å². The lowest BCUT2D eigenvalue weighted by Crippen LogP contribution is -2.48. The van der Waals surface area contributed by atoms with Gasteiger partial charge in [-0.25, -0.2) is 0 Å². The van der Waals surface area contributed by atoms with E-state index in [1.165, 1.54) is 17.2 Å². The van der Waals surface area contributed by atoms with Gasteiger partial charge in [0, 0.05) is 20.4 Å². The fraction of sp³-hybridized carbons (Fsp3) is 0.611. The molecule has 0 saturated carbocycles. The lowest BCUT2D eigenvalue weighted by Gasteiger charge is -2.32. The number of aromatic nitrogens is 2. The Kier molecular flexibility index (Phi) is 16.0. The van der Waals surface area contributed by atoms with Gasteiger partial charge in [-0.2, -0.15) is 0 Å². The number of nitrogens with zero attached hydrogens (tertiary/aromatic N) is 1. The first-order valence-corrected chi connectivity index (χ1v) is 9.47. The minimum absolute atomic E-state index is 0.118. The summed E-state index contributed by atoms with van der Waals surface area (Å²) < 4.78 is 12.3. The molecule has 30 heavy (non-hydrogen) atoms. The van der Waals surface area contributed by atoms with Crippen LogP contribution in [0.1, 0.15) is 44.9 Å². The number of carbonyl (C=O) groups excluding carboxylic acids is 1. The number of ether oxygens (including phenoxy) is 2. The zero-order chi connectivity index (χ0) is 23.9.